The molecule has 3 rings (SSSR count). The molecule has 1 aliphatic rings. The van der Waals surface area contributed by atoms with Crippen molar-refractivity contribution in [1.29, 1.82) is 0 Å². The summed E-state index contributed by atoms with van der Waals surface area (Å²) < 4.78 is 15.8. The molecule has 0 radical (unpaired) electrons. The zero-order valence-electron chi connectivity index (χ0n) is 20.7. The van der Waals surface area contributed by atoms with Gasteiger partial charge in [-0.3, -0.25) is 4.79 Å². The van der Waals surface area contributed by atoms with Crippen molar-refractivity contribution in [2.45, 2.75) is 59.4 Å². The van der Waals surface area contributed by atoms with Crippen molar-refractivity contribution in [3.8, 4) is 0 Å². The van der Waals surface area contributed by atoms with Gasteiger partial charge in [-0.25, -0.2) is 9.59 Å². The van der Waals surface area contributed by atoms with Crippen LogP contribution in [0, 0.1) is 5.92 Å². The summed E-state index contributed by atoms with van der Waals surface area (Å²) in [5.74, 6) is -0.490. The van der Waals surface area contributed by atoms with Gasteiger partial charge in [0.05, 0.1) is 25.8 Å². The molecule has 182 valence electrons. The number of hydrogen-bond acceptors (Lipinski definition) is 6. The van der Waals surface area contributed by atoms with Crippen molar-refractivity contribution in [2.75, 3.05) is 13.7 Å². The minimum absolute atomic E-state index is 0.0586. The summed E-state index contributed by atoms with van der Waals surface area (Å²) in [6, 6.07) is 11.2. The zero-order chi connectivity index (χ0) is 25.0. The third-order valence-corrected chi connectivity index (χ3v) is 5.96. The molecular formula is C27H33NO6. The predicted octanol–water partition coefficient (Wildman–Crippen LogP) is 5.18. The number of nitrogens with zero attached hydrogens (tertiary/aromatic N) is 1. The fourth-order valence-electron chi connectivity index (χ4n) is 4.02. The highest BCUT2D eigenvalue weighted by atomic mass is 16.5. The highest BCUT2D eigenvalue weighted by Crippen LogP contribution is 2.38. The van der Waals surface area contributed by atoms with E-state index in [4.69, 9.17) is 9.15 Å². The van der Waals surface area contributed by atoms with E-state index in [1.54, 1.807) is 13.0 Å². The minimum atomic E-state index is -0.591. The Morgan fingerprint density at radius 3 is 2.32 bits per heavy atom. The predicted molar refractivity (Wildman–Crippen MR) is 127 cm³/mol. The smallest absolute Gasteiger partial charge is 0.373 e. The van der Waals surface area contributed by atoms with Gasteiger partial charge in [-0.15, -0.1) is 0 Å². The van der Waals surface area contributed by atoms with Crippen LogP contribution in [0.4, 0.5) is 0 Å². The Kier molecular flexibility index (Phi) is 7.97. The second-order valence-electron chi connectivity index (χ2n) is 9.31. The van der Waals surface area contributed by atoms with E-state index >= 15 is 0 Å². The molecule has 1 amide bonds. The topological polar surface area (TPSA) is 86.0 Å². The van der Waals surface area contributed by atoms with Crippen LogP contribution in [0.1, 0.15) is 80.3 Å². The molecule has 7 heteroatoms. The van der Waals surface area contributed by atoms with E-state index in [1.807, 2.05) is 38.1 Å². The Labute approximate surface area is 200 Å². The van der Waals surface area contributed by atoms with Gasteiger partial charge in [-0.05, 0) is 42.0 Å². The van der Waals surface area contributed by atoms with E-state index in [2.05, 4.69) is 18.6 Å². The summed E-state index contributed by atoms with van der Waals surface area (Å²) in [5.41, 5.74) is 3.09. The van der Waals surface area contributed by atoms with E-state index in [9.17, 15) is 14.4 Å². The minimum Gasteiger partial charge on any atom is -0.463 e. The van der Waals surface area contributed by atoms with Crippen LogP contribution >= 0.6 is 0 Å². The molecule has 2 heterocycles. The maximum Gasteiger partial charge on any atom is 0.373 e. The van der Waals surface area contributed by atoms with Crippen LogP contribution < -0.4 is 0 Å². The van der Waals surface area contributed by atoms with Crippen LogP contribution in [0.5, 0.6) is 0 Å². The molecule has 1 aromatic heterocycles. The van der Waals surface area contributed by atoms with Gasteiger partial charge < -0.3 is 18.8 Å². The number of hydrogen-bond donors (Lipinski definition) is 0. The summed E-state index contributed by atoms with van der Waals surface area (Å²) in [4.78, 5) is 39.6. The Morgan fingerprint density at radius 2 is 1.74 bits per heavy atom. The lowest BCUT2D eigenvalue weighted by Crippen LogP contribution is -2.38. The van der Waals surface area contributed by atoms with Crippen LogP contribution in [0.2, 0.25) is 0 Å². The third kappa shape index (κ3) is 5.58. The molecule has 0 fully saturated rings. The number of esters is 2. The first-order valence-electron chi connectivity index (χ1n) is 11.6. The van der Waals surface area contributed by atoms with Crippen molar-refractivity contribution in [3.05, 3.63) is 70.3 Å². The number of rotatable bonds is 8. The Bertz CT molecular complexity index is 1080. The molecule has 0 aliphatic carbocycles. The standard InChI is InChI=1S/C27H33NO6/c1-16(2)15-33-27(31)25-18(5)28(14-21-11-12-23(34-21)26(30)32-6)24(29)13-22(25)20-9-7-19(8-10-20)17(3)4/h7-12,16-17,22H,13-15H2,1-6H3. The van der Waals surface area contributed by atoms with Crippen molar-refractivity contribution in [3.63, 3.8) is 0 Å². The number of amides is 1. The van der Waals surface area contributed by atoms with Crippen molar-refractivity contribution >= 4 is 17.8 Å². The maximum absolute atomic E-state index is 13.2. The third-order valence-electron chi connectivity index (χ3n) is 5.96. The summed E-state index contributed by atoms with van der Waals surface area (Å²) >= 11 is 0. The molecule has 0 saturated heterocycles. The number of allylic oxidation sites excluding steroid dienone is 1. The van der Waals surface area contributed by atoms with Crippen molar-refractivity contribution in [2.24, 2.45) is 5.92 Å². The van der Waals surface area contributed by atoms with Gasteiger partial charge >= 0.3 is 11.9 Å². The summed E-state index contributed by atoms with van der Waals surface area (Å²) in [6.45, 7) is 10.3. The number of carbonyl (C=O) groups excluding carboxylic acids is 3. The second kappa shape index (κ2) is 10.7. The molecule has 7 nitrogen and oxygen atoms in total. The number of ether oxygens (including phenoxy) is 2. The SMILES string of the molecule is COC(=O)c1ccc(CN2C(=O)CC(c3ccc(C(C)C)cc3)C(C(=O)OCC(C)C)=C2C)o1. The zero-order valence-corrected chi connectivity index (χ0v) is 20.7. The van der Waals surface area contributed by atoms with E-state index in [1.165, 1.54) is 23.6 Å². The van der Waals surface area contributed by atoms with Gasteiger partial charge in [-0.1, -0.05) is 52.0 Å². The molecule has 0 saturated carbocycles. The second-order valence-corrected chi connectivity index (χ2v) is 9.31. The largest absolute Gasteiger partial charge is 0.463 e. The molecule has 34 heavy (non-hydrogen) atoms. The molecule has 1 unspecified atom stereocenters. The van der Waals surface area contributed by atoms with Crippen LogP contribution in [-0.2, 0) is 25.6 Å². The fraction of sp³-hybridized carbons (Fsp3) is 0.444. The summed E-state index contributed by atoms with van der Waals surface area (Å²) in [5, 5.41) is 0. The van der Waals surface area contributed by atoms with Gasteiger partial charge in [0.1, 0.15) is 5.76 Å². The molecule has 0 spiro atoms. The van der Waals surface area contributed by atoms with Gasteiger partial charge in [0.15, 0.2) is 0 Å². The number of carbonyl (C=O) groups is 3. The molecule has 1 aliphatic heterocycles. The van der Waals surface area contributed by atoms with E-state index in [0.29, 0.717) is 29.6 Å². The lowest BCUT2D eigenvalue weighted by Gasteiger charge is -2.34. The highest BCUT2D eigenvalue weighted by molar-refractivity contribution is 5.96. The fourth-order valence-corrected chi connectivity index (χ4v) is 4.02. The lowest BCUT2D eigenvalue weighted by molar-refractivity contribution is -0.141. The number of methoxy groups -OCH3 is 1. The van der Waals surface area contributed by atoms with Crippen LogP contribution in [0.25, 0.3) is 0 Å². The summed E-state index contributed by atoms with van der Waals surface area (Å²) in [6.07, 6.45) is 0.134. The average Bonchev–Trinajstić information content (AvgIpc) is 3.28. The normalized spacial score (nSPS) is 16.4. The molecular weight excluding hydrogens is 434 g/mol. The Morgan fingerprint density at radius 1 is 1.06 bits per heavy atom. The molecule has 2 aromatic rings. The van der Waals surface area contributed by atoms with Crippen molar-refractivity contribution in [1.82, 2.24) is 4.90 Å². The van der Waals surface area contributed by atoms with E-state index in [-0.39, 0.29) is 30.6 Å². The molecule has 1 aromatic carbocycles. The number of furan rings is 1. The van der Waals surface area contributed by atoms with Crippen LogP contribution in [-0.4, -0.2) is 36.5 Å². The summed E-state index contributed by atoms with van der Waals surface area (Å²) in [7, 11) is 1.27. The van der Waals surface area contributed by atoms with Crippen LogP contribution in [0.3, 0.4) is 0 Å². The lowest BCUT2D eigenvalue weighted by atomic mass is 9.83. The Hall–Kier alpha value is -3.35. The van der Waals surface area contributed by atoms with Crippen LogP contribution in [0.15, 0.2) is 52.1 Å². The highest BCUT2D eigenvalue weighted by Gasteiger charge is 2.37. The van der Waals surface area contributed by atoms with Gasteiger partial charge in [0.2, 0.25) is 11.7 Å². The van der Waals surface area contributed by atoms with E-state index < -0.39 is 17.9 Å². The van der Waals surface area contributed by atoms with Gasteiger partial charge in [0.25, 0.3) is 0 Å². The Balaban J connectivity index is 1.97. The van der Waals surface area contributed by atoms with E-state index in [0.717, 1.165) is 5.56 Å². The van der Waals surface area contributed by atoms with Gasteiger partial charge in [0, 0.05) is 18.0 Å². The van der Waals surface area contributed by atoms with Crippen molar-refractivity contribution < 1.29 is 28.3 Å². The first-order valence-corrected chi connectivity index (χ1v) is 11.6. The number of benzene rings is 1. The molecule has 0 N–H and O–H groups in total. The maximum atomic E-state index is 13.2. The first-order chi connectivity index (χ1) is 16.1. The molecule has 1 atom stereocenters. The first kappa shape index (κ1) is 25.3. The molecule has 0 bridgehead atoms. The monoisotopic (exact) mass is 467 g/mol. The average molecular weight is 468 g/mol. The quantitative estimate of drug-likeness (QED) is 0.497. The van der Waals surface area contributed by atoms with Gasteiger partial charge in [-0.2, -0.15) is 0 Å².